The lowest BCUT2D eigenvalue weighted by Gasteiger charge is -2.15. The Morgan fingerprint density at radius 2 is 1.02 bits per heavy atom. The number of rotatable bonds is 5. The van der Waals surface area contributed by atoms with E-state index in [2.05, 4.69) is 193 Å². The van der Waals surface area contributed by atoms with Crippen LogP contribution >= 0.6 is 0 Å². The molecule has 12 aromatic rings. The Morgan fingerprint density at radius 3 is 1.85 bits per heavy atom. The molecule has 3 heterocycles. The summed E-state index contributed by atoms with van der Waals surface area (Å²) in [5.74, 6) is 0.646. The molecule has 0 atom stereocenters. The van der Waals surface area contributed by atoms with Gasteiger partial charge >= 0.3 is 0 Å². The van der Waals surface area contributed by atoms with Crippen LogP contribution in [0, 0.1) is 0 Å². The van der Waals surface area contributed by atoms with Crippen molar-refractivity contribution in [3.8, 4) is 50.6 Å². The van der Waals surface area contributed by atoms with Crippen LogP contribution < -0.4 is 0 Å². The topological polar surface area (TPSA) is 43.6 Å². The summed E-state index contributed by atoms with van der Waals surface area (Å²) in [4.78, 5) is 15.2. The number of benzene rings is 9. The molecule has 0 unspecified atom stereocenters. The molecule has 9 aromatic carbocycles. The van der Waals surface area contributed by atoms with E-state index >= 15 is 0 Å². The third-order valence-corrected chi connectivity index (χ3v) is 11.8. The Hall–Kier alpha value is -7.95. The Labute approximate surface area is 340 Å². The molecular formula is C55H34N4. The molecule has 12 rings (SSSR count). The van der Waals surface area contributed by atoms with Crippen molar-refractivity contribution in [2.45, 2.75) is 0 Å². The Morgan fingerprint density at radius 1 is 0.356 bits per heavy atom. The van der Waals surface area contributed by atoms with Crippen molar-refractivity contribution in [1.82, 2.24) is 19.5 Å². The molecule has 0 aliphatic rings. The van der Waals surface area contributed by atoms with Crippen molar-refractivity contribution in [3.63, 3.8) is 0 Å². The lowest BCUT2D eigenvalue weighted by Crippen LogP contribution is -1.99. The average molecular weight is 751 g/mol. The van der Waals surface area contributed by atoms with Gasteiger partial charge in [0.2, 0.25) is 0 Å². The molecule has 4 heteroatoms. The number of nitrogens with zero attached hydrogens (tertiary/aromatic N) is 4. The monoisotopic (exact) mass is 750 g/mol. The molecule has 274 valence electrons. The van der Waals surface area contributed by atoms with Crippen LogP contribution in [0.2, 0.25) is 0 Å². The normalized spacial score (nSPS) is 11.7. The van der Waals surface area contributed by atoms with Gasteiger partial charge < -0.3 is 4.57 Å². The van der Waals surface area contributed by atoms with E-state index in [0.29, 0.717) is 11.5 Å². The molecule has 3 aromatic heterocycles. The van der Waals surface area contributed by atoms with E-state index in [1.807, 2.05) is 12.1 Å². The average Bonchev–Trinajstić information content (AvgIpc) is 3.63. The highest BCUT2D eigenvalue weighted by Crippen LogP contribution is 2.43. The second kappa shape index (κ2) is 13.3. The molecule has 0 saturated carbocycles. The molecule has 4 nitrogen and oxygen atoms in total. The first-order valence-corrected chi connectivity index (χ1v) is 20.0. The molecule has 0 radical (unpaired) electrons. The quantitative estimate of drug-likeness (QED) is 0.176. The number of pyridine rings is 1. The van der Waals surface area contributed by atoms with Gasteiger partial charge in [-0.1, -0.05) is 152 Å². The fraction of sp³-hybridized carbons (Fsp3) is 0. The number of fused-ring (bicyclic) bond motifs is 7. The van der Waals surface area contributed by atoms with Gasteiger partial charge in [0.15, 0.2) is 11.5 Å². The van der Waals surface area contributed by atoms with Gasteiger partial charge in [-0.15, -0.1) is 0 Å². The standard InChI is InChI=1S/C55H34N4/c1-2-12-35(13-3-1)37-23-26-38(27-24-37)53-47-21-11-31-56-54(47)58-55(57-53)46-29-30-49(45-19-9-8-18-44(45)46)59-50-22-10-20-43(42-28-25-36-14-4-5-15-39(36)32-42)52(50)48-33-40-16-6-7-17-41(40)34-51(48)59/h1-34H. The summed E-state index contributed by atoms with van der Waals surface area (Å²) < 4.78 is 2.45. The van der Waals surface area contributed by atoms with Gasteiger partial charge in [0.1, 0.15) is 0 Å². The molecule has 0 bridgehead atoms. The predicted octanol–water partition coefficient (Wildman–Crippen LogP) is 14.2. The Bertz CT molecular complexity index is 3600. The Kier molecular flexibility index (Phi) is 7.50. The van der Waals surface area contributed by atoms with Gasteiger partial charge in [-0.25, -0.2) is 15.0 Å². The van der Waals surface area contributed by atoms with E-state index in [1.165, 1.54) is 49.0 Å². The molecule has 0 spiro atoms. The van der Waals surface area contributed by atoms with Gasteiger partial charge in [0.25, 0.3) is 0 Å². The SMILES string of the molecule is c1ccc(-c2ccc(-c3nc(-c4ccc(-n5c6cc7ccccc7cc6c6c(-c7ccc8ccccc8c7)cccc65)c5ccccc45)nc4ncccc34)cc2)cc1. The van der Waals surface area contributed by atoms with E-state index in [1.54, 1.807) is 6.20 Å². The maximum atomic E-state index is 5.33. The summed E-state index contributed by atoms with van der Waals surface area (Å²) in [5, 5.41) is 10.5. The molecule has 0 saturated heterocycles. The zero-order valence-corrected chi connectivity index (χ0v) is 31.9. The fourth-order valence-corrected chi connectivity index (χ4v) is 9.04. The van der Waals surface area contributed by atoms with Crippen molar-refractivity contribution in [3.05, 3.63) is 206 Å². The highest BCUT2D eigenvalue weighted by atomic mass is 15.0. The van der Waals surface area contributed by atoms with E-state index in [-0.39, 0.29) is 0 Å². The van der Waals surface area contributed by atoms with E-state index in [4.69, 9.17) is 15.0 Å². The molecule has 0 amide bonds. The van der Waals surface area contributed by atoms with Crippen LogP contribution in [0.25, 0.3) is 116 Å². The minimum Gasteiger partial charge on any atom is -0.309 e. The van der Waals surface area contributed by atoms with Crippen molar-refractivity contribution in [1.29, 1.82) is 0 Å². The van der Waals surface area contributed by atoms with Crippen molar-refractivity contribution < 1.29 is 0 Å². The first kappa shape index (κ1) is 33.2. The van der Waals surface area contributed by atoms with Crippen LogP contribution in [0.3, 0.4) is 0 Å². The summed E-state index contributed by atoms with van der Waals surface area (Å²) in [6.07, 6.45) is 1.81. The fourth-order valence-electron chi connectivity index (χ4n) is 9.04. The summed E-state index contributed by atoms with van der Waals surface area (Å²) in [6, 6.07) is 71.7. The smallest absolute Gasteiger partial charge is 0.163 e. The second-order valence-corrected chi connectivity index (χ2v) is 15.2. The van der Waals surface area contributed by atoms with Crippen LogP contribution in [0.1, 0.15) is 0 Å². The molecule has 0 fully saturated rings. The number of aromatic nitrogens is 4. The van der Waals surface area contributed by atoms with Gasteiger partial charge in [-0.3, -0.25) is 0 Å². The van der Waals surface area contributed by atoms with Crippen molar-refractivity contribution in [2.75, 3.05) is 0 Å². The highest BCUT2D eigenvalue weighted by Gasteiger charge is 2.21. The number of hydrogen-bond acceptors (Lipinski definition) is 3. The third-order valence-electron chi connectivity index (χ3n) is 11.8. The lowest BCUT2D eigenvalue weighted by atomic mass is 9.96. The zero-order chi connectivity index (χ0) is 38.9. The van der Waals surface area contributed by atoms with Gasteiger partial charge in [-0.05, 0) is 97.7 Å². The van der Waals surface area contributed by atoms with Gasteiger partial charge in [-0.2, -0.15) is 0 Å². The molecule has 59 heavy (non-hydrogen) atoms. The van der Waals surface area contributed by atoms with Crippen LogP contribution in [0.15, 0.2) is 206 Å². The van der Waals surface area contributed by atoms with E-state index in [0.717, 1.165) is 55.3 Å². The van der Waals surface area contributed by atoms with Gasteiger partial charge in [0.05, 0.1) is 22.4 Å². The molecule has 0 aliphatic carbocycles. The zero-order valence-electron chi connectivity index (χ0n) is 31.9. The largest absolute Gasteiger partial charge is 0.309 e. The minimum atomic E-state index is 0.646. The maximum Gasteiger partial charge on any atom is 0.163 e. The summed E-state index contributed by atoms with van der Waals surface area (Å²) in [6.45, 7) is 0. The highest BCUT2D eigenvalue weighted by molar-refractivity contribution is 6.20. The summed E-state index contributed by atoms with van der Waals surface area (Å²) in [5.41, 5.74) is 11.7. The molecule has 0 N–H and O–H groups in total. The van der Waals surface area contributed by atoms with Crippen LogP contribution in [-0.4, -0.2) is 19.5 Å². The van der Waals surface area contributed by atoms with Crippen LogP contribution in [-0.2, 0) is 0 Å². The van der Waals surface area contributed by atoms with Crippen LogP contribution in [0.4, 0.5) is 0 Å². The summed E-state index contributed by atoms with van der Waals surface area (Å²) >= 11 is 0. The molecule has 0 aliphatic heterocycles. The van der Waals surface area contributed by atoms with E-state index in [9.17, 15) is 0 Å². The first-order valence-electron chi connectivity index (χ1n) is 20.0. The minimum absolute atomic E-state index is 0.646. The van der Waals surface area contributed by atoms with Crippen LogP contribution in [0.5, 0.6) is 0 Å². The van der Waals surface area contributed by atoms with E-state index < -0.39 is 0 Å². The maximum absolute atomic E-state index is 5.33. The number of hydrogen-bond donors (Lipinski definition) is 0. The first-order chi connectivity index (χ1) is 29.2. The third kappa shape index (κ3) is 5.42. The second-order valence-electron chi connectivity index (χ2n) is 15.2. The van der Waals surface area contributed by atoms with Crippen molar-refractivity contribution >= 4 is 65.2 Å². The predicted molar refractivity (Wildman–Crippen MR) is 246 cm³/mol. The lowest BCUT2D eigenvalue weighted by molar-refractivity contribution is 1.18. The molecular weight excluding hydrogens is 717 g/mol. The van der Waals surface area contributed by atoms with Crippen molar-refractivity contribution in [2.24, 2.45) is 0 Å². The van der Waals surface area contributed by atoms with Gasteiger partial charge in [0, 0.05) is 38.9 Å². The Balaban J connectivity index is 1.08. The summed E-state index contributed by atoms with van der Waals surface area (Å²) in [7, 11) is 0.